The molecule has 6 N–H and O–H groups in total. The van der Waals surface area contributed by atoms with E-state index in [0.29, 0.717) is 16.9 Å². The highest BCUT2D eigenvalue weighted by Gasteiger charge is 2.45. The second-order valence-electron chi connectivity index (χ2n) is 8.61. The fourth-order valence-electron chi connectivity index (χ4n) is 4.38. The average Bonchev–Trinajstić information content (AvgIpc) is 2.85. The standard InChI is InChI=1S/C24H28O11/c1-9-18(28)17-14(27)7-15(12-6-11(32-3)4-5-13(12)26)33-23(17)10(2)22(9)35-24-21(31)20(30)19(29)16(8-25)34-24/h4-6,15-16,19-21,24-26,28-31H,7-8H2,1-3H3/t15-,16+,19+,20-,21+,24-/m0/s1. The Balaban J connectivity index is 1.73. The Morgan fingerprint density at radius 3 is 2.43 bits per heavy atom. The van der Waals surface area contributed by atoms with E-state index in [1.807, 2.05) is 0 Å². The summed E-state index contributed by atoms with van der Waals surface area (Å²) in [5.74, 6) is -0.399. The molecule has 1 fully saturated rings. The minimum atomic E-state index is -1.67. The van der Waals surface area contributed by atoms with Gasteiger partial charge in [0.2, 0.25) is 6.29 Å². The summed E-state index contributed by atoms with van der Waals surface area (Å²) in [4.78, 5) is 13.0. The van der Waals surface area contributed by atoms with E-state index >= 15 is 0 Å². The van der Waals surface area contributed by atoms with Gasteiger partial charge < -0.3 is 49.6 Å². The molecule has 0 aliphatic carbocycles. The van der Waals surface area contributed by atoms with Gasteiger partial charge in [-0.05, 0) is 32.0 Å². The molecule has 0 unspecified atom stereocenters. The molecule has 0 spiro atoms. The molecule has 190 valence electrons. The number of benzene rings is 2. The van der Waals surface area contributed by atoms with E-state index in [4.69, 9.17) is 18.9 Å². The third kappa shape index (κ3) is 4.26. The maximum atomic E-state index is 13.0. The van der Waals surface area contributed by atoms with Gasteiger partial charge in [-0.25, -0.2) is 0 Å². The molecular weight excluding hydrogens is 464 g/mol. The Labute approximate surface area is 200 Å². The van der Waals surface area contributed by atoms with E-state index in [0.717, 1.165) is 0 Å². The first-order chi connectivity index (χ1) is 16.6. The minimum absolute atomic E-state index is 0.0221. The number of methoxy groups -OCH3 is 1. The van der Waals surface area contributed by atoms with E-state index in [1.54, 1.807) is 19.1 Å². The molecular formula is C24H28O11. The summed E-state index contributed by atoms with van der Waals surface area (Å²) in [5.41, 5.74) is 0.740. The highest BCUT2D eigenvalue weighted by Crippen LogP contribution is 2.49. The van der Waals surface area contributed by atoms with Crippen molar-refractivity contribution in [1.82, 2.24) is 0 Å². The predicted molar refractivity (Wildman–Crippen MR) is 119 cm³/mol. The van der Waals surface area contributed by atoms with Crippen LogP contribution < -0.4 is 14.2 Å². The highest BCUT2D eigenvalue weighted by molar-refractivity contribution is 6.04. The SMILES string of the molecule is COc1ccc(O)c([C@@H]2CC(=O)c3c(O)c(C)c(O[C@@H]4O[C@H](CO)[C@@H](O)[C@H](O)[C@H]4O)c(C)c3O2)c1. The summed E-state index contributed by atoms with van der Waals surface area (Å²) in [6.07, 6.45) is -8.61. The van der Waals surface area contributed by atoms with Gasteiger partial charge >= 0.3 is 0 Å². The Kier molecular flexibility index (Phi) is 6.80. The van der Waals surface area contributed by atoms with Gasteiger partial charge in [0.05, 0.1) is 20.1 Å². The quantitative estimate of drug-likeness (QED) is 0.345. The average molecular weight is 492 g/mol. The van der Waals surface area contributed by atoms with Gasteiger partial charge in [-0.1, -0.05) is 0 Å². The lowest BCUT2D eigenvalue weighted by atomic mass is 9.91. The van der Waals surface area contributed by atoms with Gasteiger partial charge in [-0.3, -0.25) is 4.79 Å². The number of phenolic OH excluding ortho intramolecular Hbond substituents is 2. The molecule has 2 aromatic rings. The third-order valence-corrected chi connectivity index (χ3v) is 6.41. The van der Waals surface area contributed by atoms with Crippen LogP contribution in [0.1, 0.15) is 39.6 Å². The Hall–Kier alpha value is -3.09. The number of carbonyl (C=O) groups is 1. The maximum absolute atomic E-state index is 13.0. The van der Waals surface area contributed by atoms with Crippen molar-refractivity contribution in [3.63, 3.8) is 0 Å². The molecule has 6 atom stereocenters. The van der Waals surface area contributed by atoms with Crippen LogP contribution in [0, 0.1) is 13.8 Å². The molecule has 0 saturated carbocycles. The second-order valence-corrected chi connectivity index (χ2v) is 8.61. The molecule has 2 aromatic carbocycles. The van der Waals surface area contributed by atoms with Crippen molar-refractivity contribution in [3.05, 3.63) is 40.5 Å². The van der Waals surface area contributed by atoms with Crippen molar-refractivity contribution in [3.8, 4) is 28.7 Å². The number of hydrogen-bond acceptors (Lipinski definition) is 11. The molecule has 11 heteroatoms. The van der Waals surface area contributed by atoms with Crippen molar-refractivity contribution in [2.75, 3.05) is 13.7 Å². The normalized spacial score (nSPS) is 28.3. The number of aliphatic hydroxyl groups excluding tert-OH is 4. The van der Waals surface area contributed by atoms with Crippen molar-refractivity contribution in [2.24, 2.45) is 0 Å². The summed E-state index contributed by atoms with van der Waals surface area (Å²) >= 11 is 0. The van der Waals surface area contributed by atoms with E-state index < -0.39 is 49.2 Å². The van der Waals surface area contributed by atoms with Crippen molar-refractivity contribution in [1.29, 1.82) is 0 Å². The number of rotatable bonds is 5. The lowest BCUT2D eigenvalue weighted by molar-refractivity contribution is -0.277. The largest absolute Gasteiger partial charge is 0.508 e. The van der Waals surface area contributed by atoms with Crippen LogP contribution in [0.25, 0.3) is 0 Å². The summed E-state index contributed by atoms with van der Waals surface area (Å²) in [5, 5.41) is 61.0. The lowest BCUT2D eigenvalue weighted by Gasteiger charge is -2.40. The monoisotopic (exact) mass is 492 g/mol. The zero-order valence-corrected chi connectivity index (χ0v) is 19.3. The molecule has 0 radical (unpaired) electrons. The number of Topliss-reactive ketones (excluding diaryl/α,β-unsaturated/α-hetero) is 1. The number of phenols is 2. The van der Waals surface area contributed by atoms with Crippen molar-refractivity contribution in [2.45, 2.75) is 57.1 Å². The summed E-state index contributed by atoms with van der Waals surface area (Å²) in [6, 6.07) is 4.53. The van der Waals surface area contributed by atoms with Crippen molar-refractivity contribution < 1.29 is 54.4 Å². The molecule has 2 aliphatic rings. The van der Waals surface area contributed by atoms with Crippen LogP contribution in [-0.2, 0) is 4.74 Å². The number of fused-ring (bicyclic) bond motifs is 1. The van der Waals surface area contributed by atoms with E-state index in [-0.39, 0.29) is 40.5 Å². The number of ketones is 1. The molecule has 0 amide bonds. The van der Waals surface area contributed by atoms with Crippen LogP contribution in [0.4, 0.5) is 0 Å². The lowest BCUT2D eigenvalue weighted by Crippen LogP contribution is -2.60. The molecule has 35 heavy (non-hydrogen) atoms. The highest BCUT2D eigenvalue weighted by atomic mass is 16.7. The van der Waals surface area contributed by atoms with Crippen LogP contribution >= 0.6 is 0 Å². The predicted octanol–water partition coefficient (Wildman–Crippen LogP) is 0.608. The van der Waals surface area contributed by atoms with Gasteiger partial charge in [0.25, 0.3) is 0 Å². The minimum Gasteiger partial charge on any atom is -0.508 e. The molecule has 2 heterocycles. The van der Waals surface area contributed by atoms with Gasteiger partial charge in [-0.2, -0.15) is 0 Å². The molecule has 0 aromatic heterocycles. The van der Waals surface area contributed by atoms with Crippen LogP contribution in [0.3, 0.4) is 0 Å². The maximum Gasteiger partial charge on any atom is 0.229 e. The Morgan fingerprint density at radius 2 is 1.77 bits per heavy atom. The van der Waals surface area contributed by atoms with Gasteiger partial charge in [0.15, 0.2) is 5.78 Å². The molecule has 11 nitrogen and oxygen atoms in total. The number of carbonyl (C=O) groups excluding carboxylic acids is 1. The second kappa shape index (κ2) is 9.51. The molecule has 1 saturated heterocycles. The first-order valence-electron chi connectivity index (χ1n) is 11.0. The molecule has 2 aliphatic heterocycles. The number of ether oxygens (including phenoxy) is 4. The zero-order valence-electron chi connectivity index (χ0n) is 19.3. The van der Waals surface area contributed by atoms with E-state index in [2.05, 4.69) is 0 Å². The molecule has 4 rings (SSSR count). The van der Waals surface area contributed by atoms with Crippen LogP contribution in [0.15, 0.2) is 18.2 Å². The number of aliphatic hydroxyl groups is 4. The first kappa shape index (κ1) is 25.0. The smallest absolute Gasteiger partial charge is 0.229 e. The summed E-state index contributed by atoms with van der Waals surface area (Å²) in [6.45, 7) is 2.43. The van der Waals surface area contributed by atoms with Gasteiger partial charge in [0, 0.05) is 16.7 Å². The number of aromatic hydroxyl groups is 2. The third-order valence-electron chi connectivity index (χ3n) is 6.41. The zero-order chi connectivity index (χ0) is 25.6. The van der Waals surface area contributed by atoms with Crippen LogP contribution in [-0.4, -0.2) is 80.8 Å². The van der Waals surface area contributed by atoms with Gasteiger partial charge in [-0.15, -0.1) is 0 Å². The van der Waals surface area contributed by atoms with E-state index in [1.165, 1.54) is 20.1 Å². The number of hydrogen-bond donors (Lipinski definition) is 6. The molecule has 0 bridgehead atoms. The summed E-state index contributed by atoms with van der Waals surface area (Å²) in [7, 11) is 1.46. The fourth-order valence-corrected chi connectivity index (χ4v) is 4.38. The van der Waals surface area contributed by atoms with E-state index in [9.17, 15) is 35.4 Å². The Morgan fingerprint density at radius 1 is 1.06 bits per heavy atom. The topological polar surface area (TPSA) is 175 Å². The van der Waals surface area contributed by atoms with Gasteiger partial charge in [0.1, 0.15) is 64.8 Å². The van der Waals surface area contributed by atoms with Crippen LogP contribution in [0.2, 0.25) is 0 Å². The van der Waals surface area contributed by atoms with Crippen molar-refractivity contribution >= 4 is 5.78 Å². The van der Waals surface area contributed by atoms with Crippen LogP contribution in [0.5, 0.6) is 28.7 Å². The summed E-state index contributed by atoms with van der Waals surface area (Å²) < 4.78 is 22.5. The first-order valence-corrected chi connectivity index (χ1v) is 11.0. The Bertz CT molecular complexity index is 1130. The fraction of sp³-hybridized carbons (Fsp3) is 0.458.